The first-order valence-electron chi connectivity index (χ1n) is 9.55. The largest absolute Gasteiger partial charge is 0.384 e. The van der Waals surface area contributed by atoms with Crippen LogP contribution < -0.4 is 22.1 Å². The molecular weight excluding hydrogens is 380 g/mol. The molecule has 3 rings (SSSR count). The molecule has 3 aromatic rings. The Kier molecular flexibility index (Phi) is 8.13. The average molecular weight is 409 g/mol. The first-order chi connectivity index (χ1) is 14.3. The van der Waals surface area contributed by atoms with E-state index in [1.165, 1.54) is 16.5 Å². The number of aromatic nitrogens is 1. The van der Waals surface area contributed by atoms with Gasteiger partial charge in [0.25, 0.3) is 0 Å². The third kappa shape index (κ3) is 6.46. The molecular formula is C22H28N6O2. The number of aromatic amines is 1. The third-order valence-electron chi connectivity index (χ3n) is 4.48. The summed E-state index contributed by atoms with van der Waals surface area (Å²) in [5.74, 6) is -0.667. The maximum atomic E-state index is 11.7. The molecule has 0 spiro atoms. The van der Waals surface area contributed by atoms with Crippen LogP contribution in [0.5, 0.6) is 0 Å². The number of para-hydroxylation sites is 1. The van der Waals surface area contributed by atoms with Crippen LogP contribution in [0.15, 0.2) is 54.7 Å². The van der Waals surface area contributed by atoms with Gasteiger partial charge in [-0.05, 0) is 31.0 Å². The van der Waals surface area contributed by atoms with Crippen molar-refractivity contribution >= 4 is 28.6 Å². The zero-order valence-electron chi connectivity index (χ0n) is 17.2. The molecule has 8 N–H and O–H groups in total. The molecule has 0 fully saturated rings. The Labute approximate surface area is 175 Å². The predicted octanol–water partition coefficient (Wildman–Crippen LogP) is 1.53. The van der Waals surface area contributed by atoms with Crippen molar-refractivity contribution in [2.45, 2.75) is 26.4 Å². The second kappa shape index (κ2) is 10.8. The number of rotatable bonds is 6. The topological polar surface area (TPSA) is 150 Å². The van der Waals surface area contributed by atoms with Crippen LogP contribution in [0, 0.1) is 12.3 Å². The molecule has 0 saturated carbocycles. The monoisotopic (exact) mass is 408 g/mol. The van der Waals surface area contributed by atoms with Crippen molar-refractivity contribution in [2.24, 2.45) is 11.5 Å². The van der Waals surface area contributed by atoms with E-state index < -0.39 is 6.04 Å². The fourth-order valence-electron chi connectivity index (χ4n) is 2.73. The van der Waals surface area contributed by atoms with E-state index in [4.69, 9.17) is 16.9 Å². The molecule has 0 aliphatic heterocycles. The molecule has 0 bridgehead atoms. The molecule has 2 aromatic carbocycles. The first-order valence-corrected chi connectivity index (χ1v) is 9.55. The van der Waals surface area contributed by atoms with Gasteiger partial charge in [0.2, 0.25) is 11.8 Å². The summed E-state index contributed by atoms with van der Waals surface area (Å²) in [6.07, 6.45) is 2.03. The number of hydrogen-bond acceptors (Lipinski definition) is 4. The van der Waals surface area contributed by atoms with E-state index in [-0.39, 0.29) is 24.2 Å². The molecule has 0 aliphatic rings. The Balaban J connectivity index is 0.000000263. The number of aryl methyl sites for hydroxylation is 1. The summed E-state index contributed by atoms with van der Waals surface area (Å²) in [7, 11) is 0. The SMILES string of the molecule is CC(NC(=O)CN)C(=O)NCc1ccc(C(=N)N)cc1.Cc1c[nH]c2ccccc12. The standard InChI is InChI=1S/C13H19N5O2.C9H9N/c1-8(18-11(19)6-14)13(20)17-7-9-2-4-10(5-3-9)12(15)16;1-7-6-10-9-5-3-2-4-8(7)9/h2-5,8H,6-7,14H2,1H3,(H3,15,16)(H,17,20)(H,18,19);2-6,10H,1H3. The van der Waals surface area contributed by atoms with Gasteiger partial charge in [0.1, 0.15) is 11.9 Å². The van der Waals surface area contributed by atoms with Crippen molar-refractivity contribution in [2.75, 3.05) is 6.54 Å². The average Bonchev–Trinajstić information content (AvgIpc) is 3.13. The zero-order valence-corrected chi connectivity index (χ0v) is 17.2. The highest BCUT2D eigenvalue weighted by molar-refractivity contribution is 5.94. The van der Waals surface area contributed by atoms with Crippen molar-refractivity contribution in [1.29, 1.82) is 5.41 Å². The molecule has 158 valence electrons. The Morgan fingerprint density at radius 1 is 1.13 bits per heavy atom. The highest BCUT2D eigenvalue weighted by atomic mass is 16.2. The van der Waals surface area contributed by atoms with Gasteiger partial charge in [-0.3, -0.25) is 15.0 Å². The van der Waals surface area contributed by atoms with E-state index in [1.54, 1.807) is 31.2 Å². The van der Waals surface area contributed by atoms with Gasteiger partial charge in [0.15, 0.2) is 0 Å². The lowest BCUT2D eigenvalue weighted by molar-refractivity contribution is -0.128. The van der Waals surface area contributed by atoms with E-state index in [0.29, 0.717) is 12.1 Å². The number of amides is 2. The lowest BCUT2D eigenvalue weighted by atomic mass is 10.1. The lowest BCUT2D eigenvalue weighted by Gasteiger charge is -2.13. The molecule has 1 aromatic heterocycles. The molecule has 0 aliphatic carbocycles. The Bertz CT molecular complexity index is 1010. The van der Waals surface area contributed by atoms with Crippen molar-refractivity contribution in [3.8, 4) is 0 Å². The molecule has 8 nitrogen and oxygen atoms in total. The Hall–Kier alpha value is -3.65. The summed E-state index contributed by atoms with van der Waals surface area (Å²) in [4.78, 5) is 26.0. The number of nitrogens with one attached hydrogen (secondary N) is 4. The van der Waals surface area contributed by atoms with E-state index >= 15 is 0 Å². The maximum absolute atomic E-state index is 11.7. The van der Waals surface area contributed by atoms with E-state index in [2.05, 4.69) is 40.7 Å². The van der Waals surface area contributed by atoms with Crippen LogP contribution in [-0.4, -0.2) is 35.2 Å². The third-order valence-corrected chi connectivity index (χ3v) is 4.48. The van der Waals surface area contributed by atoms with Crippen LogP contribution >= 0.6 is 0 Å². The highest BCUT2D eigenvalue weighted by Gasteiger charge is 2.14. The number of amidine groups is 1. The lowest BCUT2D eigenvalue weighted by Crippen LogP contribution is -2.46. The van der Waals surface area contributed by atoms with Crippen LogP contribution in [0.4, 0.5) is 0 Å². The first kappa shape index (κ1) is 22.6. The molecule has 0 radical (unpaired) electrons. The minimum Gasteiger partial charge on any atom is -0.384 e. The van der Waals surface area contributed by atoms with E-state index in [1.807, 2.05) is 12.3 Å². The van der Waals surface area contributed by atoms with Gasteiger partial charge in [-0.15, -0.1) is 0 Å². The minimum atomic E-state index is -0.637. The van der Waals surface area contributed by atoms with Crippen molar-refractivity contribution in [3.63, 3.8) is 0 Å². The van der Waals surface area contributed by atoms with Crippen LogP contribution in [0.1, 0.15) is 23.6 Å². The van der Waals surface area contributed by atoms with Crippen molar-refractivity contribution in [3.05, 3.63) is 71.4 Å². The van der Waals surface area contributed by atoms with Crippen LogP contribution in [0.3, 0.4) is 0 Å². The number of nitrogen functional groups attached to an aromatic ring is 1. The van der Waals surface area contributed by atoms with Crippen LogP contribution in [0.2, 0.25) is 0 Å². The molecule has 1 unspecified atom stereocenters. The van der Waals surface area contributed by atoms with Crippen LogP contribution in [0.25, 0.3) is 10.9 Å². The normalized spacial score (nSPS) is 11.2. The van der Waals surface area contributed by atoms with Crippen molar-refractivity contribution < 1.29 is 9.59 Å². The van der Waals surface area contributed by atoms with Gasteiger partial charge in [-0.25, -0.2) is 0 Å². The molecule has 2 amide bonds. The number of fused-ring (bicyclic) bond motifs is 1. The summed E-state index contributed by atoms with van der Waals surface area (Å²) < 4.78 is 0. The van der Waals surface area contributed by atoms with Crippen LogP contribution in [-0.2, 0) is 16.1 Å². The Morgan fingerprint density at radius 3 is 2.40 bits per heavy atom. The number of carbonyl (C=O) groups is 2. The molecule has 30 heavy (non-hydrogen) atoms. The predicted molar refractivity (Wildman–Crippen MR) is 119 cm³/mol. The van der Waals surface area contributed by atoms with Gasteiger partial charge in [-0.1, -0.05) is 42.5 Å². The van der Waals surface area contributed by atoms with E-state index in [0.717, 1.165) is 5.56 Å². The number of nitrogens with two attached hydrogens (primary N) is 2. The second-order valence-electron chi connectivity index (χ2n) is 6.84. The summed E-state index contributed by atoms with van der Waals surface area (Å²) >= 11 is 0. The summed E-state index contributed by atoms with van der Waals surface area (Å²) in [6, 6.07) is 14.7. The highest BCUT2D eigenvalue weighted by Crippen LogP contribution is 2.15. The number of hydrogen-bond donors (Lipinski definition) is 6. The zero-order chi connectivity index (χ0) is 22.1. The molecule has 1 atom stereocenters. The number of carbonyl (C=O) groups excluding carboxylic acids is 2. The minimum absolute atomic E-state index is 0.00120. The van der Waals surface area contributed by atoms with E-state index in [9.17, 15) is 9.59 Å². The summed E-state index contributed by atoms with van der Waals surface area (Å²) in [6.45, 7) is 3.88. The fourth-order valence-corrected chi connectivity index (χ4v) is 2.73. The Morgan fingerprint density at radius 2 is 1.80 bits per heavy atom. The number of H-pyrrole nitrogens is 1. The summed E-state index contributed by atoms with van der Waals surface area (Å²) in [5.41, 5.74) is 14.5. The van der Waals surface area contributed by atoms with Crippen molar-refractivity contribution in [1.82, 2.24) is 15.6 Å². The van der Waals surface area contributed by atoms with Gasteiger partial charge >= 0.3 is 0 Å². The van der Waals surface area contributed by atoms with Gasteiger partial charge in [0, 0.05) is 29.2 Å². The number of benzene rings is 2. The molecule has 1 heterocycles. The summed E-state index contributed by atoms with van der Waals surface area (Å²) in [5, 5.41) is 13.8. The molecule has 8 heteroatoms. The van der Waals surface area contributed by atoms with Gasteiger partial charge < -0.3 is 27.1 Å². The smallest absolute Gasteiger partial charge is 0.242 e. The quantitative estimate of drug-likeness (QED) is 0.271. The van der Waals surface area contributed by atoms with Gasteiger partial charge in [0.05, 0.1) is 6.54 Å². The maximum Gasteiger partial charge on any atom is 0.242 e. The molecule has 0 saturated heterocycles. The van der Waals surface area contributed by atoms with Gasteiger partial charge in [-0.2, -0.15) is 0 Å². The second-order valence-corrected chi connectivity index (χ2v) is 6.84. The fraction of sp³-hybridized carbons (Fsp3) is 0.227.